The summed E-state index contributed by atoms with van der Waals surface area (Å²) in [7, 11) is 0. The molecule has 0 radical (unpaired) electrons. The van der Waals surface area contributed by atoms with Crippen molar-refractivity contribution in [2.24, 2.45) is 0 Å². The average molecular weight is 412 g/mol. The van der Waals surface area contributed by atoms with Crippen LogP contribution in [-0.4, -0.2) is 19.8 Å². The summed E-state index contributed by atoms with van der Waals surface area (Å²) in [5.74, 6) is 0. The minimum atomic E-state index is -0.915. The molecular formula is C22H19Cl2N3O. The van der Waals surface area contributed by atoms with Crippen LogP contribution in [0.25, 0.3) is 5.57 Å². The molecular weight excluding hydrogens is 393 g/mol. The zero-order valence-electron chi connectivity index (χ0n) is 15.3. The van der Waals surface area contributed by atoms with E-state index < -0.39 is 10.5 Å². The van der Waals surface area contributed by atoms with E-state index in [0.29, 0.717) is 11.4 Å². The molecule has 2 atom stereocenters. The molecule has 0 saturated heterocycles. The summed E-state index contributed by atoms with van der Waals surface area (Å²) in [6, 6.07) is 17.7. The third kappa shape index (κ3) is 3.46. The van der Waals surface area contributed by atoms with E-state index in [9.17, 15) is 0 Å². The van der Waals surface area contributed by atoms with E-state index in [4.69, 9.17) is 28.0 Å². The van der Waals surface area contributed by atoms with Crippen molar-refractivity contribution >= 4 is 28.8 Å². The Morgan fingerprint density at radius 1 is 1.11 bits per heavy atom. The molecule has 0 spiro atoms. The molecule has 0 N–H and O–H groups in total. The van der Waals surface area contributed by atoms with E-state index in [-0.39, 0.29) is 0 Å². The predicted molar refractivity (Wildman–Crippen MR) is 112 cm³/mol. The molecule has 1 heterocycles. The molecule has 3 aromatic rings. The summed E-state index contributed by atoms with van der Waals surface area (Å²) in [5.41, 5.74) is 2.27. The topological polar surface area (TPSA) is 39.9 Å². The highest BCUT2D eigenvalue weighted by molar-refractivity contribution is 6.30. The summed E-state index contributed by atoms with van der Waals surface area (Å²) in [4.78, 5) is 10.7. The Bertz CT molecular complexity index is 1000. The molecule has 0 aliphatic heterocycles. The van der Waals surface area contributed by atoms with Crippen molar-refractivity contribution in [3.63, 3.8) is 0 Å². The first-order valence-corrected chi connectivity index (χ1v) is 9.70. The van der Waals surface area contributed by atoms with Crippen molar-refractivity contribution in [1.82, 2.24) is 14.9 Å². The normalized spacial score (nSPS) is 21.0. The van der Waals surface area contributed by atoms with Crippen LogP contribution in [0.4, 0.5) is 0 Å². The van der Waals surface area contributed by atoms with Crippen molar-refractivity contribution in [3.8, 4) is 0 Å². The van der Waals surface area contributed by atoms with Crippen molar-refractivity contribution in [2.45, 2.75) is 23.8 Å². The second-order valence-corrected chi connectivity index (χ2v) is 7.97. The molecule has 4 nitrogen and oxygen atoms in total. The maximum absolute atomic E-state index is 7.18. The van der Waals surface area contributed by atoms with Crippen LogP contribution in [0.15, 0.2) is 85.5 Å². The molecule has 2 unspecified atom stereocenters. The van der Waals surface area contributed by atoms with E-state index in [1.807, 2.05) is 61.5 Å². The van der Waals surface area contributed by atoms with Gasteiger partial charge in [-0.3, -0.25) is 0 Å². The van der Waals surface area contributed by atoms with Gasteiger partial charge >= 0.3 is 0 Å². The van der Waals surface area contributed by atoms with Gasteiger partial charge in [-0.1, -0.05) is 77.1 Å². The highest BCUT2D eigenvalue weighted by atomic mass is 35.5. The van der Waals surface area contributed by atoms with E-state index >= 15 is 0 Å². The molecule has 1 aliphatic carbocycles. The van der Waals surface area contributed by atoms with Crippen LogP contribution in [0.3, 0.4) is 0 Å². The molecule has 0 saturated carbocycles. The molecule has 0 amide bonds. The highest BCUT2D eigenvalue weighted by Gasteiger charge is 2.50. The standard InChI is InChI=1S/C22H19Cl2N3O/c1-21(28-27-16-25-15-26-27,19-7-9-20(23)10-8-19)22(24)13-11-18(12-14-22)17-5-3-2-4-6-17/h2-13,15-16H,14H2,1H3. The number of hydrogen-bond acceptors (Lipinski definition) is 3. The Hall–Kier alpha value is -2.56. The minimum Gasteiger partial charge on any atom is -0.382 e. The number of alkyl halides is 1. The Kier molecular flexibility index (Phi) is 5.00. The smallest absolute Gasteiger partial charge is 0.182 e. The zero-order chi connectivity index (χ0) is 19.6. The Labute approximate surface area is 174 Å². The van der Waals surface area contributed by atoms with Crippen LogP contribution in [-0.2, 0) is 5.60 Å². The summed E-state index contributed by atoms with van der Waals surface area (Å²) >= 11 is 13.3. The van der Waals surface area contributed by atoms with Crippen LogP contribution in [0.2, 0.25) is 5.02 Å². The minimum absolute atomic E-state index is 0.586. The lowest BCUT2D eigenvalue weighted by molar-refractivity contribution is -0.0810. The number of aromatic nitrogens is 3. The summed E-state index contributed by atoms with van der Waals surface area (Å²) < 4.78 is 0. The van der Waals surface area contributed by atoms with Crippen LogP contribution in [0, 0.1) is 0 Å². The fourth-order valence-corrected chi connectivity index (χ4v) is 3.79. The summed E-state index contributed by atoms with van der Waals surface area (Å²) in [5, 5.41) is 4.75. The van der Waals surface area contributed by atoms with E-state index in [1.54, 1.807) is 0 Å². The van der Waals surface area contributed by atoms with Gasteiger partial charge in [0.05, 0.1) is 0 Å². The van der Waals surface area contributed by atoms with Gasteiger partial charge in [0.25, 0.3) is 0 Å². The number of allylic oxidation sites excluding steroid dienone is 3. The van der Waals surface area contributed by atoms with Gasteiger partial charge in [-0.2, -0.15) is 0 Å². The lowest BCUT2D eigenvalue weighted by atomic mass is 9.77. The molecule has 6 heteroatoms. The molecule has 1 aromatic heterocycles. The first kappa shape index (κ1) is 18.8. The van der Waals surface area contributed by atoms with Gasteiger partial charge < -0.3 is 4.84 Å². The number of rotatable bonds is 5. The highest BCUT2D eigenvalue weighted by Crippen LogP contribution is 2.46. The lowest BCUT2D eigenvalue weighted by Crippen LogP contribution is -2.52. The van der Waals surface area contributed by atoms with Crippen molar-refractivity contribution in [2.75, 3.05) is 0 Å². The second-order valence-electron chi connectivity index (χ2n) is 6.85. The molecule has 1 aliphatic rings. The van der Waals surface area contributed by atoms with Gasteiger partial charge in [0.2, 0.25) is 0 Å². The van der Waals surface area contributed by atoms with Crippen LogP contribution >= 0.6 is 23.2 Å². The Balaban J connectivity index is 1.71. The third-order valence-corrected chi connectivity index (χ3v) is 6.01. The van der Waals surface area contributed by atoms with Gasteiger partial charge in [0.15, 0.2) is 11.9 Å². The first-order chi connectivity index (χ1) is 13.5. The maximum Gasteiger partial charge on any atom is 0.182 e. The summed E-state index contributed by atoms with van der Waals surface area (Å²) in [6.07, 6.45) is 9.71. The maximum atomic E-state index is 7.18. The fraction of sp³-hybridized carbons (Fsp3) is 0.182. The van der Waals surface area contributed by atoms with E-state index in [2.05, 4.69) is 28.3 Å². The van der Waals surface area contributed by atoms with E-state index in [0.717, 1.165) is 16.7 Å². The molecule has 0 bridgehead atoms. The number of benzene rings is 2. The monoisotopic (exact) mass is 411 g/mol. The zero-order valence-corrected chi connectivity index (χ0v) is 16.8. The van der Waals surface area contributed by atoms with Crippen LogP contribution in [0.5, 0.6) is 0 Å². The van der Waals surface area contributed by atoms with Crippen molar-refractivity contribution in [3.05, 3.63) is 102 Å². The summed E-state index contributed by atoms with van der Waals surface area (Å²) in [6.45, 7) is 1.95. The number of halogens is 2. The van der Waals surface area contributed by atoms with Crippen molar-refractivity contribution < 1.29 is 4.84 Å². The fourth-order valence-electron chi connectivity index (χ4n) is 3.38. The number of hydrogen-bond donors (Lipinski definition) is 0. The molecule has 0 fully saturated rings. The molecule has 142 valence electrons. The quantitative estimate of drug-likeness (QED) is 0.534. The predicted octanol–water partition coefficient (Wildman–Crippen LogP) is 5.30. The third-order valence-electron chi connectivity index (χ3n) is 5.12. The Morgan fingerprint density at radius 2 is 1.86 bits per heavy atom. The van der Waals surface area contributed by atoms with Crippen LogP contribution in [0.1, 0.15) is 24.5 Å². The van der Waals surface area contributed by atoms with Gasteiger partial charge in [-0.25, -0.2) is 4.98 Å². The second kappa shape index (κ2) is 7.46. The first-order valence-electron chi connectivity index (χ1n) is 8.94. The lowest BCUT2D eigenvalue weighted by Gasteiger charge is -2.42. The molecule has 4 rings (SSSR count). The molecule has 28 heavy (non-hydrogen) atoms. The largest absolute Gasteiger partial charge is 0.382 e. The SMILES string of the molecule is CC(On1cncn1)(c1ccc(Cl)cc1)C1(Cl)C=CC(c2ccccc2)=CC1. The van der Waals surface area contributed by atoms with Gasteiger partial charge in [0.1, 0.15) is 11.2 Å². The van der Waals surface area contributed by atoms with Gasteiger partial charge in [0, 0.05) is 10.6 Å². The van der Waals surface area contributed by atoms with Gasteiger partial charge in [-0.15, -0.1) is 16.7 Å². The Morgan fingerprint density at radius 3 is 2.46 bits per heavy atom. The van der Waals surface area contributed by atoms with E-state index in [1.165, 1.54) is 17.5 Å². The number of nitrogens with zero attached hydrogens (tertiary/aromatic N) is 3. The molecule has 2 aromatic carbocycles. The average Bonchev–Trinajstić information content (AvgIpc) is 3.22. The van der Waals surface area contributed by atoms with Crippen LogP contribution < -0.4 is 4.84 Å². The van der Waals surface area contributed by atoms with Gasteiger partial charge in [-0.05, 0) is 36.6 Å². The van der Waals surface area contributed by atoms with Crippen molar-refractivity contribution in [1.29, 1.82) is 0 Å².